The highest BCUT2D eigenvalue weighted by Crippen LogP contribution is 2.18. The van der Waals surface area contributed by atoms with Crippen molar-refractivity contribution >= 4 is 35.9 Å². The van der Waals surface area contributed by atoms with Crippen molar-refractivity contribution < 1.29 is 14.3 Å². The minimum atomic E-state index is -0.141. The average molecular weight is 475 g/mol. The molecule has 0 spiro atoms. The minimum Gasteiger partial charge on any atom is -0.490 e. The fourth-order valence-corrected chi connectivity index (χ4v) is 2.88. The third-order valence-corrected chi connectivity index (χ3v) is 4.15. The van der Waals surface area contributed by atoms with E-state index in [4.69, 9.17) is 9.47 Å². The molecular formula is C19H30IN3O3. The number of rotatable bonds is 7. The van der Waals surface area contributed by atoms with Crippen LogP contribution in [0.1, 0.15) is 32.6 Å². The number of nitrogens with one attached hydrogen (secondary N) is 1. The Bertz CT molecular complexity index is 546. The van der Waals surface area contributed by atoms with Crippen molar-refractivity contribution in [1.29, 1.82) is 0 Å². The Labute approximate surface area is 173 Å². The van der Waals surface area contributed by atoms with E-state index in [-0.39, 0.29) is 36.0 Å². The summed E-state index contributed by atoms with van der Waals surface area (Å²) in [4.78, 5) is 17.9. The maximum Gasteiger partial charge on any atom is 0.305 e. The van der Waals surface area contributed by atoms with Crippen LogP contribution < -0.4 is 10.1 Å². The van der Waals surface area contributed by atoms with Crippen LogP contribution in [0.4, 0.5) is 0 Å². The number of guanidine groups is 1. The van der Waals surface area contributed by atoms with Crippen LogP contribution in [0, 0.1) is 0 Å². The normalized spacial score (nSPS) is 15.2. The summed E-state index contributed by atoms with van der Waals surface area (Å²) < 4.78 is 11.0. The van der Waals surface area contributed by atoms with Gasteiger partial charge in [0, 0.05) is 45.9 Å². The molecule has 146 valence electrons. The van der Waals surface area contributed by atoms with Gasteiger partial charge >= 0.3 is 5.97 Å². The molecule has 1 heterocycles. The Balaban J connectivity index is 0.00000338. The third-order valence-electron chi connectivity index (χ3n) is 4.15. The van der Waals surface area contributed by atoms with Crippen molar-refractivity contribution in [2.75, 3.05) is 33.3 Å². The monoisotopic (exact) mass is 475 g/mol. The number of piperidine rings is 1. The molecule has 0 amide bonds. The smallest absolute Gasteiger partial charge is 0.305 e. The SMILES string of the molecule is CCOC(=O)CCCNC(=NC)N1CCC(Oc2ccccc2)CC1.I. The summed E-state index contributed by atoms with van der Waals surface area (Å²) in [5.41, 5.74) is 0. The van der Waals surface area contributed by atoms with Crippen LogP contribution in [0.3, 0.4) is 0 Å². The number of nitrogens with zero attached hydrogens (tertiary/aromatic N) is 2. The molecule has 1 aliphatic heterocycles. The van der Waals surface area contributed by atoms with Gasteiger partial charge in [0.1, 0.15) is 11.9 Å². The highest BCUT2D eigenvalue weighted by atomic mass is 127. The van der Waals surface area contributed by atoms with E-state index in [1.165, 1.54) is 0 Å². The first-order valence-corrected chi connectivity index (χ1v) is 9.06. The van der Waals surface area contributed by atoms with Crippen LogP contribution in [-0.4, -0.2) is 56.2 Å². The van der Waals surface area contributed by atoms with Crippen molar-refractivity contribution in [2.45, 2.75) is 38.7 Å². The predicted octanol–water partition coefficient (Wildman–Crippen LogP) is 3.07. The number of likely N-dealkylation sites (tertiary alicyclic amines) is 1. The molecule has 26 heavy (non-hydrogen) atoms. The summed E-state index contributed by atoms with van der Waals surface area (Å²) in [7, 11) is 1.79. The molecule has 7 heteroatoms. The molecule has 1 saturated heterocycles. The van der Waals surface area contributed by atoms with E-state index in [0.29, 0.717) is 19.6 Å². The third kappa shape index (κ3) is 7.80. The number of carbonyl (C=O) groups is 1. The van der Waals surface area contributed by atoms with E-state index in [1.54, 1.807) is 7.05 Å². The van der Waals surface area contributed by atoms with Gasteiger partial charge in [-0.3, -0.25) is 9.79 Å². The Hall–Kier alpha value is -1.51. The predicted molar refractivity (Wildman–Crippen MR) is 114 cm³/mol. The summed E-state index contributed by atoms with van der Waals surface area (Å²) in [5.74, 6) is 1.68. The fourth-order valence-electron chi connectivity index (χ4n) is 2.88. The molecule has 0 radical (unpaired) electrons. The van der Waals surface area contributed by atoms with Gasteiger partial charge in [-0.05, 0) is 25.5 Å². The van der Waals surface area contributed by atoms with Crippen LogP contribution in [0.25, 0.3) is 0 Å². The Morgan fingerprint density at radius 1 is 1.27 bits per heavy atom. The maximum atomic E-state index is 11.3. The number of ether oxygens (including phenoxy) is 2. The Morgan fingerprint density at radius 2 is 1.96 bits per heavy atom. The molecule has 1 fully saturated rings. The zero-order valence-electron chi connectivity index (χ0n) is 15.6. The quantitative estimate of drug-likeness (QED) is 0.216. The highest BCUT2D eigenvalue weighted by molar-refractivity contribution is 14.0. The van der Waals surface area contributed by atoms with Crippen molar-refractivity contribution in [3.05, 3.63) is 30.3 Å². The van der Waals surface area contributed by atoms with Crippen LogP contribution in [0.5, 0.6) is 5.75 Å². The van der Waals surface area contributed by atoms with Gasteiger partial charge in [0.25, 0.3) is 0 Å². The summed E-state index contributed by atoms with van der Waals surface area (Å²) >= 11 is 0. The lowest BCUT2D eigenvalue weighted by Crippen LogP contribution is -2.47. The zero-order valence-corrected chi connectivity index (χ0v) is 18.0. The number of carbonyl (C=O) groups excluding carboxylic acids is 1. The second kappa shape index (κ2) is 12.8. The van der Waals surface area contributed by atoms with E-state index < -0.39 is 0 Å². The number of hydrogen-bond acceptors (Lipinski definition) is 4. The summed E-state index contributed by atoms with van der Waals surface area (Å²) in [5, 5.41) is 3.33. The van der Waals surface area contributed by atoms with Crippen LogP contribution in [0.2, 0.25) is 0 Å². The zero-order chi connectivity index (χ0) is 17.9. The van der Waals surface area contributed by atoms with Crippen molar-refractivity contribution in [3.63, 3.8) is 0 Å². The van der Waals surface area contributed by atoms with E-state index in [0.717, 1.165) is 44.1 Å². The number of halogens is 1. The molecule has 1 N–H and O–H groups in total. The summed E-state index contributed by atoms with van der Waals surface area (Å²) in [6.07, 6.45) is 3.37. The summed E-state index contributed by atoms with van der Waals surface area (Å²) in [6, 6.07) is 9.97. The topological polar surface area (TPSA) is 63.2 Å². The number of hydrogen-bond donors (Lipinski definition) is 1. The number of esters is 1. The van der Waals surface area contributed by atoms with Gasteiger partial charge < -0.3 is 19.7 Å². The standard InChI is InChI=1S/C19H29N3O3.HI/c1-3-24-18(23)10-7-13-21-19(20-2)22-14-11-17(12-15-22)25-16-8-5-4-6-9-16;/h4-6,8-9,17H,3,7,10-15H2,1-2H3,(H,20,21);1H. The van der Waals surface area contributed by atoms with Crippen molar-refractivity contribution in [2.24, 2.45) is 4.99 Å². The highest BCUT2D eigenvalue weighted by Gasteiger charge is 2.22. The molecular weight excluding hydrogens is 445 g/mol. The summed E-state index contributed by atoms with van der Waals surface area (Å²) in [6.45, 7) is 4.80. The largest absolute Gasteiger partial charge is 0.490 e. The van der Waals surface area contributed by atoms with Crippen LogP contribution in [-0.2, 0) is 9.53 Å². The first kappa shape index (κ1) is 22.5. The first-order chi connectivity index (χ1) is 12.2. The second-order valence-corrected chi connectivity index (χ2v) is 6.00. The van der Waals surface area contributed by atoms with Crippen LogP contribution >= 0.6 is 24.0 Å². The van der Waals surface area contributed by atoms with E-state index >= 15 is 0 Å². The van der Waals surface area contributed by atoms with E-state index in [1.807, 2.05) is 37.3 Å². The number of para-hydroxylation sites is 1. The van der Waals surface area contributed by atoms with Gasteiger partial charge in [0.15, 0.2) is 5.96 Å². The lowest BCUT2D eigenvalue weighted by atomic mass is 10.1. The molecule has 1 aliphatic rings. The van der Waals surface area contributed by atoms with Gasteiger partial charge in [-0.25, -0.2) is 0 Å². The number of aliphatic imine (C=N–C) groups is 1. The maximum absolute atomic E-state index is 11.3. The van der Waals surface area contributed by atoms with Crippen molar-refractivity contribution in [3.8, 4) is 5.75 Å². The fraction of sp³-hybridized carbons (Fsp3) is 0.579. The molecule has 0 unspecified atom stereocenters. The van der Waals surface area contributed by atoms with Gasteiger partial charge in [-0.1, -0.05) is 18.2 Å². The lowest BCUT2D eigenvalue weighted by Gasteiger charge is -2.34. The van der Waals surface area contributed by atoms with E-state index in [9.17, 15) is 4.79 Å². The minimum absolute atomic E-state index is 0. The molecule has 2 rings (SSSR count). The molecule has 1 aromatic carbocycles. The van der Waals surface area contributed by atoms with Gasteiger partial charge in [0.05, 0.1) is 6.61 Å². The van der Waals surface area contributed by atoms with Gasteiger partial charge in [0.2, 0.25) is 0 Å². The molecule has 0 atom stereocenters. The van der Waals surface area contributed by atoms with E-state index in [2.05, 4.69) is 15.2 Å². The second-order valence-electron chi connectivity index (χ2n) is 6.00. The van der Waals surface area contributed by atoms with Crippen LogP contribution in [0.15, 0.2) is 35.3 Å². The Kier molecular flexibility index (Phi) is 11.1. The number of benzene rings is 1. The lowest BCUT2D eigenvalue weighted by molar-refractivity contribution is -0.143. The van der Waals surface area contributed by atoms with Gasteiger partial charge in [-0.2, -0.15) is 0 Å². The molecule has 0 aromatic heterocycles. The molecule has 0 bridgehead atoms. The Morgan fingerprint density at radius 3 is 2.58 bits per heavy atom. The molecule has 1 aromatic rings. The molecule has 0 saturated carbocycles. The average Bonchev–Trinajstić information content (AvgIpc) is 2.64. The molecule has 0 aliphatic carbocycles. The first-order valence-electron chi connectivity index (χ1n) is 9.06. The molecule has 6 nitrogen and oxygen atoms in total. The van der Waals surface area contributed by atoms with Gasteiger partial charge in [-0.15, -0.1) is 24.0 Å². The van der Waals surface area contributed by atoms with Crippen molar-refractivity contribution in [1.82, 2.24) is 10.2 Å².